The predicted octanol–water partition coefficient (Wildman–Crippen LogP) is 3.42. The number of imidazole rings is 1. The largest absolute Gasteiger partial charge is 0.530 e. The van der Waals surface area contributed by atoms with Crippen molar-refractivity contribution in [3.63, 3.8) is 0 Å². The number of nitrogens with zero attached hydrogens (tertiary/aromatic N) is 2. The summed E-state index contributed by atoms with van der Waals surface area (Å²) in [7, 11) is 0. The molecule has 8 nitrogen and oxygen atoms in total. The standard InChI is InChI=1S/C20H16F5N5O3/c1-9-14(11-2-4-12(5-3-11)20(23,24)25)29-18(28-9)30-17(31)13-6-10(8-27-19(32)33)7-26-15(13)16(21)22/h2-7,16,27H,8H2,1H3,(H,32,33)(H2,28,29,30,31)/p-1. The molecular weight excluding hydrogens is 453 g/mol. The SMILES string of the molecule is Cc1[nH]c(NC(=O)c2cc(CNC(=O)[O-])cnc2C(F)F)nc1-c1ccc(C(F)(F)F)cc1. The molecule has 0 aliphatic heterocycles. The third kappa shape index (κ3) is 5.61. The predicted molar refractivity (Wildman–Crippen MR) is 103 cm³/mol. The second-order valence-corrected chi connectivity index (χ2v) is 6.81. The molecular formula is C20H15F5N5O3-. The van der Waals surface area contributed by atoms with Gasteiger partial charge in [0.15, 0.2) is 0 Å². The van der Waals surface area contributed by atoms with Gasteiger partial charge < -0.3 is 20.2 Å². The molecule has 3 aromatic rings. The minimum Gasteiger partial charge on any atom is -0.530 e. The van der Waals surface area contributed by atoms with Gasteiger partial charge >= 0.3 is 6.18 Å². The van der Waals surface area contributed by atoms with E-state index < -0.39 is 41.4 Å². The molecule has 0 atom stereocenters. The summed E-state index contributed by atoms with van der Waals surface area (Å²) in [5.41, 5.74) is -1.04. The number of carbonyl (C=O) groups is 2. The van der Waals surface area contributed by atoms with E-state index >= 15 is 0 Å². The Labute approximate surface area is 182 Å². The summed E-state index contributed by atoms with van der Waals surface area (Å²) in [5, 5.41) is 14.7. The molecule has 0 aliphatic rings. The van der Waals surface area contributed by atoms with Crippen LogP contribution in [0.4, 0.5) is 32.7 Å². The highest BCUT2D eigenvalue weighted by Crippen LogP contribution is 2.31. The molecule has 3 rings (SSSR count). The first kappa shape index (κ1) is 23.6. The third-order valence-corrected chi connectivity index (χ3v) is 4.47. The molecule has 0 unspecified atom stereocenters. The Hall–Kier alpha value is -4.03. The van der Waals surface area contributed by atoms with Crippen LogP contribution >= 0.6 is 0 Å². The van der Waals surface area contributed by atoms with Crippen molar-refractivity contribution in [1.82, 2.24) is 20.3 Å². The van der Waals surface area contributed by atoms with Crippen molar-refractivity contribution in [2.24, 2.45) is 0 Å². The van der Waals surface area contributed by atoms with Crippen molar-refractivity contribution in [2.45, 2.75) is 26.1 Å². The van der Waals surface area contributed by atoms with Crippen LogP contribution in [0, 0.1) is 6.92 Å². The van der Waals surface area contributed by atoms with E-state index in [1.807, 2.05) is 5.32 Å². The number of benzene rings is 1. The van der Waals surface area contributed by atoms with Crippen LogP contribution in [0.25, 0.3) is 11.3 Å². The number of H-pyrrole nitrogens is 1. The van der Waals surface area contributed by atoms with Gasteiger partial charge in [-0.25, -0.2) is 13.8 Å². The monoisotopic (exact) mass is 468 g/mol. The van der Waals surface area contributed by atoms with E-state index in [2.05, 4.69) is 20.3 Å². The minimum atomic E-state index is -4.50. The third-order valence-electron chi connectivity index (χ3n) is 4.47. The lowest BCUT2D eigenvalue weighted by Gasteiger charge is -2.11. The van der Waals surface area contributed by atoms with E-state index in [-0.39, 0.29) is 23.8 Å². The maximum atomic E-state index is 13.3. The van der Waals surface area contributed by atoms with Crippen LogP contribution in [0.3, 0.4) is 0 Å². The summed E-state index contributed by atoms with van der Waals surface area (Å²) < 4.78 is 64.9. The Kier molecular flexibility index (Phi) is 6.60. The number of hydrogen-bond acceptors (Lipinski definition) is 5. The molecule has 0 radical (unpaired) electrons. The Morgan fingerprint density at radius 1 is 1.18 bits per heavy atom. The molecule has 2 heterocycles. The van der Waals surface area contributed by atoms with Crippen molar-refractivity contribution in [3.05, 3.63) is 64.6 Å². The molecule has 13 heteroatoms. The second-order valence-electron chi connectivity index (χ2n) is 6.81. The number of alkyl halides is 5. The lowest BCUT2D eigenvalue weighted by Crippen LogP contribution is -2.36. The Morgan fingerprint density at radius 3 is 2.42 bits per heavy atom. The fourth-order valence-electron chi connectivity index (χ4n) is 2.94. The Bertz CT molecular complexity index is 1180. The van der Waals surface area contributed by atoms with E-state index in [9.17, 15) is 36.6 Å². The van der Waals surface area contributed by atoms with E-state index in [1.54, 1.807) is 6.92 Å². The number of rotatable bonds is 6. The fourth-order valence-corrected chi connectivity index (χ4v) is 2.94. The van der Waals surface area contributed by atoms with Crippen LogP contribution in [0.2, 0.25) is 0 Å². The quantitative estimate of drug-likeness (QED) is 0.479. The zero-order valence-corrected chi connectivity index (χ0v) is 16.8. The van der Waals surface area contributed by atoms with E-state index in [4.69, 9.17) is 0 Å². The average Bonchev–Trinajstić information content (AvgIpc) is 3.11. The van der Waals surface area contributed by atoms with Gasteiger partial charge in [0.25, 0.3) is 12.3 Å². The van der Waals surface area contributed by atoms with Crippen LogP contribution in [0.5, 0.6) is 0 Å². The Balaban J connectivity index is 1.85. The van der Waals surface area contributed by atoms with Gasteiger partial charge in [-0.1, -0.05) is 12.1 Å². The molecule has 0 saturated heterocycles. The number of hydrogen-bond donors (Lipinski definition) is 3. The van der Waals surface area contributed by atoms with Gasteiger partial charge in [0, 0.05) is 24.0 Å². The summed E-state index contributed by atoms with van der Waals surface area (Å²) in [6.07, 6.45) is -8.19. The van der Waals surface area contributed by atoms with Crippen molar-refractivity contribution < 1.29 is 36.6 Å². The number of pyridine rings is 1. The van der Waals surface area contributed by atoms with Crippen molar-refractivity contribution in [2.75, 3.05) is 5.32 Å². The molecule has 33 heavy (non-hydrogen) atoms. The van der Waals surface area contributed by atoms with E-state index in [0.717, 1.165) is 24.4 Å². The summed E-state index contributed by atoms with van der Waals surface area (Å²) in [6.45, 7) is 1.24. The molecule has 3 N–H and O–H groups in total. The molecule has 174 valence electrons. The molecule has 2 aromatic heterocycles. The van der Waals surface area contributed by atoms with Gasteiger partial charge in [0.05, 0.1) is 16.8 Å². The van der Waals surface area contributed by atoms with Gasteiger partial charge in [-0.15, -0.1) is 0 Å². The van der Waals surface area contributed by atoms with Gasteiger partial charge in [-0.3, -0.25) is 15.1 Å². The summed E-state index contributed by atoms with van der Waals surface area (Å²) in [6, 6.07) is 5.24. The van der Waals surface area contributed by atoms with Crippen LogP contribution in [-0.2, 0) is 12.7 Å². The number of nitrogens with one attached hydrogen (secondary N) is 3. The van der Waals surface area contributed by atoms with Crippen LogP contribution < -0.4 is 15.7 Å². The molecule has 2 amide bonds. The van der Waals surface area contributed by atoms with Gasteiger partial charge in [-0.05, 0) is 30.7 Å². The average molecular weight is 468 g/mol. The number of aryl methyl sites for hydroxylation is 1. The van der Waals surface area contributed by atoms with Gasteiger partial charge in [-0.2, -0.15) is 13.2 Å². The molecule has 0 aliphatic carbocycles. The highest BCUT2D eigenvalue weighted by molar-refractivity contribution is 6.04. The van der Waals surface area contributed by atoms with Gasteiger partial charge in [0.1, 0.15) is 11.8 Å². The fraction of sp³-hybridized carbons (Fsp3) is 0.200. The number of halogens is 5. The molecule has 0 saturated carbocycles. The smallest absolute Gasteiger partial charge is 0.416 e. The van der Waals surface area contributed by atoms with Crippen LogP contribution in [-0.4, -0.2) is 27.0 Å². The molecule has 0 spiro atoms. The molecule has 0 fully saturated rings. The number of amides is 2. The first-order valence-corrected chi connectivity index (χ1v) is 9.23. The van der Waals surface area contributed by atoms with E-state index in [1.165, 1.54) is 12.1 Å². The number of carboxylic acid groups (broad SMARTS) is 1. The Morgan fingerprint density at radius 2 is 1.85 bits per heavy atom. The highest BCUT2D eigenvalue weighted by atomic mass is 19.4. The van der Waals surface area contributed by atoms with Crippen molar-refractivity contribution >= 4 is 17.9 Å². The zero-order chi connectivity index (χ0) is 24.3. The number of carbonyl (C=O) groups excluding carboxylic acids is 2. The molecule has 0 bridgehead atoms. The number of aromatic amines is 1. The van der Waals surface area contributed by atoms with Crippen LogP contribution in [0.1, 0.15) is 39.3 Å². The lowest BCUT2D eigenvalue weighted by molar-refractivity contribution is -0.251. The van der Waals surface area contributed by atoms with E-state index in [0.29, 0.717) is 11.3 Å². The minimum absolute atomic E-state index is 0.133. The topological polar surface area (TPSA) is 123 Å². The molecule has 1 aromatic carbocycles. The van der Waals surface area contributed by atoms with Crippen molar-refractivity contribution in [1.29, 1.82) is 0 Å². The highest BCUT2D eigenvalue weighted by Gasteiger charge is 2.30. The van der Waals surface area contributed by atoms with Crippen molar-refractivity contribution in [3.8, 4) is 11.3 Å². The second kappa shape index (κ2) is 9.22. The first-order valence-electron chi connectivity index (χ1n) is 9.23. The maximum Gasteiger partial charge on any atom is 0.416 e. The number of anilines is 1. The zero-order valence-electron chi connectivity index (χ0n) is 16.8. The maximum absolute atomic E-state index is 13.3. The summed E-state index contributed by atoms with van der Waals surface area (Å²) in [4.78, 5) is 33.5. The first-order chi connectivity index (χ1) is 15.5. The van der Waals surface area contributed by atoms with Gasteiger partial charge in [0.2, 0.25) is 5.95 Å². The summed E-state index contributed by atoms with van der Waals surface area (Å²) >= 11 is 0. The normalized spacial score (nSPS) is 11.5. The number of aromatic nitrogens is 3. The van der Waals surface area contributed by atoms with Crippen LogP contribution in [0.15, 0.2) is 36.5 Å². The lowest BCUT2D eigenvalue weighted by atomic mass is 10.1. The summed E-state index contributed by atoms with van der Waals surface area (Å²) in [5.74, 6) is -1.13.